The van der Waals surface area contributed by atoms with Gasteiger partial charge in [0, 0.05) is 57.7 Å². The van der Waals surface area contributed by atoms with E-state index in [9.17, 15) is 33.6 Å². The van der Waals surface area contributed by atoms with Gasteiger partial charge in [-0.2, -0.15) is 10.5 Å². The molecule has 0 saturated carbocycles. The summed E-state index contributed by atoms with van der Waals surface area (Å²) in [6, 6.07) is 28.7. The first-order valence-corrected chi connectivity index (χ1v) is 37.0. The summed E-state index contributed by atoms with van der Waals surface area (Å²) in [6.45, 7) is 47.3. The van der Waals surface area contributed by atoms with Gasteiger partial charge in [0.15, 0.2) is 0 Å². The third-order valence-electron chi connectivity index (χ3n) is 16.5. The fraction of sp³-hybridized carbons (Fsp3) is 0.687. The Kier molecular flexibility index (Phi) is 64.2. The molecule has 2 aromatic carbocycles. The lowest BCUT2D eigenvalue weighted by Crippen LogP contribution is -2.35. The van der Waals surface area contributed by atoms with Crippen molar-refractivity contribution in [2.75, 3.05) is 109 Å². The number of hydrogen-bond donors (Lipinski definition) is 0. The third-order valence-corrected chi connectivity index (χ3v) is 16.5. The van der Waals surface area contributed by atoms with E-state index in [-0.39, 0.29) is 94.8 Å². The Balaban J connectivity index is -0.000000267. The van der Waals surface area contributed by atoms with Crippen LogP contribution in [0.5, 0.6) is 17.4 Å². The van der Waals surface area contributed by atoms with Gasteiger partial charge in [-0.1, -0.05) is 139 Å². The topological polar surface area (TPSA) is 267 Å². The highest BCUT2D eigenvalue weighted by Crippen LogP contribution is 2.24. The van der Waals surface area contributed by atoms with Crippen LogP contribution in [0.1, 0.15) is 217 Å². The van der Waals surface area contributed by atoms with E-state index in [2.05, 4.69) is 17.1 Å². The predicted molar refractivity (Wildman–Crippen MR) is 423 cm³/mol. The molecule has 0 aliphatic heterocycles. The molecule has 105 heavy (non-hydrogen) atoms. The van der Waals surface area contributed by atoms with Gasteiger partial charge >= 0.3 is 29.8 Å². The van der Waals surface area contributed by atoms with Crippen LogP contribution < -0.4 is 14.2 Å². The highest BCUT2D eigenvalue weighted by atomic mass is 16.6. The first kappa shape index (κ1) is 108. The van der Waals surface area contributed by atoms with Crippen LogP contribution in [0.3, 0.4) is 0 Å². The number of benzene rings is 2. The lowest BCUT2D eigenvalue weighted by atomic mass is 9.89. The summed E-state index contributed by atoms with van der Waals surface area (Å²) in [5.41, 5.74) is -1.49. The molecule has 22 heteroatoms. The number of nitriles is 2. The molecule has 0 radical (unpaired) electrons. The first-order chi connectivity index (χ1) is 48.8. The van der Waals surface area contributed by atoms with Crippen LogP contribution in [0.4, 0.5) is 0 Å². The van der Waals surface area contributed by atoms with Crippen LogP contribution in [0.2, 0.25) is 0 Å². The van der Waals surface area contributed by atoms with Crippen molar-refractivity contribution in [1.29, 1.82) is 10.5 Å². The van der Waals surface area contributed by atoms with E-state index in [0.29, 0.717) is 45.8 Å². The Morgan fingerprint density at radius 1 is 0.410 bits per heavy atom. The summed E-state index contributed by atoms with van der Waals surface area (Å²) in [4.78, 5) is 90.2. The standard InChI is InChI=1S/C14H20O3.C13H19NO3.C13H18O3.C9H19NO2.C8H17NO2.C8H17NO.C7H15NO.C6H11N.C5H9N/c1-4-14(2,3)13(15)17-11-10-16-12-8-6-5-7-9-12;1-4-13(2,3)12(15)17-10-9-16-11-7-5-6-8-14-11;1-3-11(2)13(14)16-10-9-15-12-7-5-4-6-8-12;1-6-9(2,3)8(11)12-7-10(4)5;1-5-7(2)8(10)11-6-9(3)4;1-6-8(2,3)7(10)9(4)5;1-5-6(2)7(9)8(3)4;1-4-6(2,3)5-7;1-3-5(2)4-6/h5-9H,4,10-11H2,1-3H3;5-8H,4,9-10H2,1-3H3;4-8,11H,3,9-10H2,1-2H3;6-7H2,1-5H3;7H,5-6H2,1-4H3;6H2,1-5H3;6H,5H2,1-4H3;4H2,1-3H3;5H,3H2,1-2H3. The van der Waals surface area contributed by atoms with Crippen LogP contribution in [-0.4, -0.2) is 176 Å². The Morgan fingerprint density at radius 2 is 0.762 bits per heavy atom. The van der Waals surface area contributed by atoms with Crippen LogP contribution >= 0.6 is 0 Å². The maximum absolute atomic E-state index is 11.6. The number of carbonyl (C=O) groups excluding carboxylic acids is 7. The predicted octanol–water partition coefficient (Wildman–Crippen LogP) is 16.9. The van der Waals surface area contributed by atoms with E-state index in [4.69, 9.17) is 48.4 Å². The molecule has 0 saturated heterocycles. The van der Waals surface area contributed by atoms with Crippen molar-refractivity contribution in [3.8, 4) is 29.5 Å². The summed E-state index contributed by atoms with van der Waals surface area (Å²) in [7, 11) is 14.6. The Bertz CT molecular complexity index is 2730. The summed E-state index contributed by atoms with van der Waals surface area (Å²) in [6.07, 6.45) is 9.35. The maximum Gasteiger partial charge on any atom is 0.312 e. The van der Waals surface area contributed by atoms with Gasteiger partial charge in [-0.3, -0.25) is 43.4 Å². The zero-order valence-electron chi connectivity index (χ0n) is 71.2. The number of rotatable bonds is 32. The van der Waals surface area contributed by atoms with Crippen molar-refractivity contribution >= 4 is 41.7 Å². The summed E-state index contributed by atoms with van der Waals surface area (Å²) in [5, 5.41) is 16.4. The molecule has 22 nitrogen and oxygen atoms in total. The lowest BCUT2D eigenvalue weighted by molar-refractivity contribution is -0.158. The molecule has 4 atom stereocenters. The van der Waals surface area contributed by atoms with Crippen molar-refractivity contribution in [2.24, 2.45) is 50.7 Å². The average Bonchev–Trinajstić information content (AvgIpc) is 0.882. The molecule has 602 valence electrons. The minimum Gasteiger partial charge on any atom is -0.490 e. The lowest BCUT2D eigenvalue weighted by Gasteiger charge is -2.25. The van der Waals surface area contributed by atoms with Crippen LogP contribution in [0, 0.1) is 73.4 Å². The van der Waals surface area contributed by atoms with Gasteiger partial charge in [-0.05, 0) is 179 Å². The van der Waals surface area contributed by atoms with Gasteiger partial charge in [-0.25, -0.2) is 4.98 Å². The molecule has 1 heterocycles. The molecule has 3 aromatic rings. The van der Waals surface area contributed by atoms with Crippen molar-refractivity contribution in [1.82, 2.24) is 24.6 Å². The zero-order valence-corrected chi connectivity index (χ0v) is 71.2. The number of ether oxygens (including phenoxy) is 8. The van der Waals surface area contributed by atoms with Crippen molar-refractivity contribution in [2.45, 2.75) is 217 Å². The number of pyridine rings is 1. The SMILES string of the molecule is CCC(C)(C)C#N.CCC(C)(C)C(=O)N(C)C.CCC(C)(C)C(=O)OCCOc1ccccc1.CCC(C)(C)C(=O)OCCOc1ccccn1.CCC(C)(C)C(=O)OCN(C)C.CCC(C)C#N.CCC(C)C(=O)N(C)C.CCC(C)C(=O)OCCOc1ccccc1.CCC(C)C(=O)OCN(C)C. The Morgan fingerprint density at radius 3 is 1.03 bits per heavy atom. The van der Waals surface area contributed by atoms with Crippen LogP contribution in [0.15, 0.2) is 85.1 Å². The van der Waals surface area contributed by atoms with E-state index >= 15 is 0 Å². The molecule has 0 fully saturated rings. The molecule has 0 N–H and O–H groups in total. The fourth-order valence-corrected chi connectivity index (χ4v) is 5.90. The molecule has 3 rings (SSSR count). The Hall–Kier alpha value is -7.82. The molecule has 2 amide bonds. The quantitative estimate of drug-likeness (QED) is 0.0243. The van der Waals surface area contributed by atoms with E-state index in [1.165, 1.54) is 0 Å². The second kappa shape index (κ2) is 62.4. The minimum atomic E-state index is -0.426. The van der Waals surface area contributed by atoms with Gasteiger partial charge in [0.25, 0.3) is 0 Å². The number of hydrogen-bond acceptors (Lipinski definition) is 20. The van der Waals surface area contributed by atoms with Crippen molar-refractivity contribution < 1.29 is 71.5 Å². The number of carbonyl (C=O) groups is 7. The first-order valence-electron chi connectivity index (χ1n) is 37.0. The minimum absolute atomic E-state index is 0.0231. The van der Waals surface area contributed by atoms with Gasteiger partial charge < -0.3 is 47.7 Å². The molecule has 1 aromatic heterocycles. The normalized spacial score (nSPS) is 11.7. The average molecular weight is 1480 g/mol. The summed E-state index contributed by atoms with van der Waals surface area (Å²) in [5.74, 6) is 2.21. The number of para-hydroxylation sites is 2. The molecule has 0 aliphatic carbocycles. The van der Waals surface area contributed by atoms with Gasteiger partial charge in [-0.15, -0.1) is 0 Å². The number of esters is 5. The summed E-state index contributed by atoms with van der Waals surface area (Å²) >= 11 is 0. The molecular weight excluding hydrogens is 1330 g/mol. The molecular formula is C83H145N7O15. The smallest absolute Gasteiger partial charge is 0.312 e. The van der Waals surface area contributed by atoms with Crippen LogP contribution in [-0.2, 0) is 57.2 Å². The number of amides is 2. The number of nitrogens with zero attached hydrogens (tertiary/aromatic N) is 7. The maximum atomic E-state index is 11.6. The molecule has 0 bridgehead atoms. The van der Waals surface area contributed by atoms with E-state index in [1.807, 2.05) is 270 Å². The largest absolute Gasteiger partial charge is 0.490 e. The van der Waals surface area contributed by atoms with E-state index < -0.39 is 10.8 Å². The second-order valence-corrected chi connectivity index (χ2v) is 29.2. The van der Waals surface area contributed by atoms with Gasteiger partial charge in [0.2, 0.25) is 17.7 Å². The van der Waals surface area contributed by atoms with E-state index in [1.54, 1.807) is 50.3 Å². The third kappa shape index (κ3) is 60.1. The zero-order chi connectivity index (χ0) is 82.6. The second-order valence-electron chi connectivity index (χ2n) is 29.2. The Labute approximate surface area is 637 Å². The fourth-order valence-electron chi connectivity index (χ4n) is 5.90. The van der Waals surface area contributed by atoms with Crippen LogP contribution in [0.25, 0.3) is 0 Å². The van der Waals surface area contributed by atoms with Gasteiger partial charge in [0.1, 0.15) is 64.6 Å². The molecule has 4 unspecified atom stereocenters. The van der Waals surface area contributed by atoms with Crippen molar-refractivity contribution in [3.05, 3.63) is 85.1 Å². The monoisotopic (exact) mass is 1480 g/mol. The highest BCUT2D eigenvalue weighted by molar-refractivity contribution is 5.81. The summed E-state index contributed by atoms with van der Waals surface area (Å²) < 4.78 is 41.5. The van der Waals surface area contributed by atoms with E-state index in [0.717, 1.165) is 69.3 Å². The molecule has 0 aliphatic rings. The van der Waals surface area contributed by atoms with Crippen molar-refractivity contribution in [3.63, 3.8) is 0 Å². The highest BCUT2D eigenvalue weighted by Gasteiger charge is 2.29. The number of aromatic nitrogens is 1. The molecule has 0 spiro atoms. The van der Waals surface area contributed by atoms with Gasteiger partial charge in [0.05, 0.1) is 45.6 Å².